The molecule has 1 heterocycles. The number of carbonyl (C=O) groups is 1. The van der Waals surface area contributed by atoms with E-state index in [9.17, 15) is 9.18 Å². The van der Waals surface area contributed by atoms with Gasteiger partial charge in [0.1, 0.15) is 18.2 Å². The van der Waals surface area contributed by atoms with E-state index in [1.54, 1.807) is 6.07 Å². The molecule has 1 aromatic carbocycles. The van der Waals surface area contributed by atoms with Crippen LogP contribution in [0.4, 0.5) is 10.1 Å². The molecule has 1 aromatic heterocycles. The maximum atomic E-state index is 13.1. The molecule has 0 saturated heterocycles. The van der Waals surface area contributed by atoms with E-state index in [-0.39, 0.29) is 11.1 Å². The highest BCUT2D eigenvalue weighted by Gasteiger charge is 2.08. The molecule has 0 aliphatic rings. The molecule has 0 aliphatic carbocycles. The molecule has 2 aromatic rings. The first kappa shape index (κ1) is 11.7. The van der Waals surface area contributed by atoms with Crippen molar-refractivity contribution in [3.05, 3.63) is 53.9 Å². The minimum absolute atomic E-state index is 0.128. The lowest BCUT2D eigenvalue weighted by atomic mass is 10.2. The van der Waals surface area contributed by atoms with Crippen LogP contribution in [0.1, 0.15) is 15.9 Å². The molecular weight excluding hydrogens is 235 g/mol. The third kappa shape index (κ3) is 2.47. The Morgan fingerprint density at radius 2 is 2.06 bits per heavy atom. The zero-order valence-corrected chi connectivity index (χ0v) is 9.09. The molecule has 88 valence electrons. The number of halogens is 1. The lowest BCUT2D eigenvalue weighted by molar-refractivity contribution is 0.102. The molecule has 0 bridgehead atoms. The average Bonchev–Trinajstić information content (AvgIpc) is 2.42. The number of anilines is 1. The summed E-state index contributed by atoms with van der Waals surface area (Å²) in [6.07, 6.45) is 4.02. The fourth-order valence-corrected chi connectivity index (χ4v) is 1.31. The summed E-state index contributed by atoms with van der Waals surface area (Å²) in [7, 11) is 0. The summed E-state index contributed by atoms with van der Waals surface area (Å²) in [6.45, 7) is 0. The van der Waals surface area contributed by atoms with Crippen LogP contribution in [0, 0.1) is 17.1 Å². The van der Waals surface area contributed by atoms with E-state index in [1.807, 2.05) is 0 Å². The molecule has 0 unspecified atom stereocenters. The number of aromatic nitrogens is 2. The summed E-state index contributed by atoms with van der Waals surface area (Å²) in [5.41, 5.74) is 0.485. The van der Waals surface area contributed by atoms with Gasteiger partial charge in [-0.25, -0.2) is 14.4 Å². The predicted octanol–water partition coefficient (Wildman–Crippen LogP) is 1.74. The van der Waals surface area contributed by atoms with Gasteiger partial charge in [0.05, 0.1) is 11.1 Å². The Labute approximate surface area is 102 Å². The number of hydrogen-bond acceptors (Lipinski definition) is 4. The molecule has 5 nitrogen and oxygen atoms in total. The molecule has 1 amide bonds. The lowest BCUT2D eigenvalue weighted by Crippen LogP contribution is -2.12. The molecule has 2 rings (SSSR count). The van der Waals surface area contributed by atoms with Crippen LogP contribution in [0.5, 0.6) is 0 Å². The maximum absolute atomic E-state index is 13.1. The second-order valence-corrected chi connectivity index (χ2v) is 3.39. The fraction of sp³-hybridized carbons (Fsp3) is 0. The van der Waals surface area contributed by atoms with Gasteiger partial charge in [0.15, 0.2) is 0 Å². The molecule has 0 aliphatic heterocycles. The van der Waals surface area contributed by atoms with Gasteiger partial charge in [0, 0.05) is 18.1 Å². The highest BCUT2D eigenvalue weighted by atomic mass is 19.1. The number of nitriles is 1. The quantitative estimate of drug-likeness (QED) is 0.869. The summed E-state index contributed by atoms with van der Waals surface area (Å²) < 4.78 is 13.1. The van der Waals surface area contributed by atoms with Crippen molar-refractivity contribution in [1.29, 1.82) is 5.26 Å². The Kier molecular flexibility index (Phi) is 3.25. The van der Waals surface area contributed by atoms with E-state index in [1.165, 1.54) is 30.9 Å². The summed E-state index contributed by atoms with van der Waals surface area (Å²) in [5.74, 6) is -1.05. The monoisotopic (exact) mass is 242 g/mol. The normalized spacial score (nSPS) is 9.56. The van der Waals surface area contributed by atoms with Crippen molar-refractivity contribution in [3.63, 3.8) is 0 Å². The highest BCUT2D eigenvalue weighted by Crippen LogP contribution is 2.14. The minimum Gasteiger partial charge on any atom is -0.322 e. The van der Waals surface area contributed by atoms with Gasteiger partial charge in [0.25, 0.3) is 5.91 Å². The third-order valence-electron chi connectivity index (χ3n) is 2.17. The van der Waals surface area contributed by atoms with Gasteiger partial charge in [-0.15, -0.1) is 0 Å². The Balaban J connectivity index is 2.20. The average molecular weight is 242 g/mol. The molecular formula is C12H7FN4O. The van der Waals surface area contributed by atoms with Crippen molar-refractivity contribution >= 4 is 11.6 Å². The maximum Gasteiger partial charge on any atom is 0.258 e. The number of amides is 1. The second-order valence-electron chi connectivity index (χ2n) is 3.39. The van der Waals surface area contributed by atoms with Gasteiger partial charge >= 0.3 is 0 Å². The SMILES string of the molecule is N#Cc1cc(NC(=O)c2cncnc2)ccc1F. The molecule has 0 spiro atoms. The first-order valence-electron chi connectivity index (χ1n) is 4.96. The third-order valence-corrected chi connectivity index (χ3v) is 2.17. The number of carbonyl (C=O) groups excluding carboxylic acids is 1. The van der Waals surface area contributed by atoms with Gasteiger partial charge in [-0.3, -0.25) is 4.79 Å². The number of benzene rings is 1. The Bertz CT molecular complexity index is 622. The molecule has 0 atom stereocenters. The van der Waals surface area contributed by atoms with Gasteiger partial charge in [-0.05, 0) is 18.2 Å². The predicted molar refractivity (Wildman–Crippen MR) is 61.1 cm³/mol. The molecule has 0 radical (unpaired) electrons. The molecule has 0 fully saturated rings. The van der Waals surface area contributed by atoms with Crippen molar-refractivity contribution in [3.8, 4) is 6.07 Å². The Hall–Kier alpha value is -2.81. The van der Waals surface area contributed by atoms with Crippen molar-refractivity contribution in [2.45, 2.75) is 0 Å². The van der Waals surface area contributed by atoms with Gasteiger partial charge in [-0.1, -0.05) is 0 Å². The van der Waals surface area contributed by atoms with Crippen LogP contribution in [-0.2, 0) is 0 Å². The zero-order chi connectivity index (χ0) is 13.0. The first-order chi connectivity index (χ1) is 8.70. The molecule has 18 heavy (non-hydrogen) atoms. The van der Waals surface area contributed by atoms with E-state index in [4.69, 9.17) is 5.26 Å². The van der Waals surface area contributed by atoms with E-state index in [0.717, 1.165) is 6.07 Å². The van der Waals surface area contributed by atoms with Crippen LogP contribution in [0.2, 0.25) is 0 Å². The zero-order valence-electron chi connectivity index (χ0n) is 9.09. The summed E-state index contributed by atoms with van der Waals surface area (Å²) in [4.78, 5) is 19.2. The first-order valence-corrected chi connectivity index (χ1v) is 4.96. The number of nitrogens with one attached hydrogen (secondary N) is 1. The van der Waals surface area contributed by atoms with Gasteiger partial charge < -0.3 is 5.32 Å². The van der Waals surface area contributed by atoms with Crippen LogP contribution in [0.3, 0.4) is 0 Å². The summed E-state index contributed by atoms with van der Waals surface area (Å²) in [5, 5.41) is 11.2. The van der Waals surface area contributed by atoms with E-state index < -0.39 is 11.7 Å². The second kappa shape index (κ2) is 5.01. The van der Waals surface area contributed by atoms with Crippen LogP contribution in [-0.4, -0.2) is 15.9 Å². The van der Waals surface area contributed by atoms with Crippen molar-refractivity contribution in [2.24, 2.45) is 0 Å². The van der Waals surface area contributed by atoms with Crippen LogP contribution >= 0.6 is 0 Å². The Morgan fingerprint density at radius 3 is 2.72 bits per heavy atom. The molecule has 1 N–H and O–H groups in total. The minimum atomic E-state index is -0.626. The van der Waals surface area contributed by atoms with Crippen molar-refractivity contribution in [2.75, 3.05) is 5.32 Å². The summed E-state index contributed by atoms with van der Waals surface area (Å²) >= 11 is 0. The number of rotatable bonds is 2. The topological polar surface area (TPSA) is 78.7 Å². The molecule has 6 heteroatoms. The summed E-state index contributed by atoms with van der Waals surface area (Å²) in [6, 6.07) is 5.45. The Morgan fingerprint density at radius 1 is 1.33 bits per heavy atom. The number of hydrogen-bond donors (Lipinski definition) is 1. The van der Waals surface area contributed by atoms with Gasteiger partial charge in [0.2, 0.25) is 0 Å². The number of nitrogens with zero attached hydrogens (tertiary/aromatic N) is 3. The van der Waals surface area contributed by atoms with Gasteiger partial charge in [-0.2, -0.15) is 5.26 Å². The standard InChI is InChI=1S/C12H7FN4O/c13-11-2-1-10(3-8(11)4-14)17-12(18)9-5-15-7-16-6-9/h1-3,5-7H,(H,17,18). The van der Waals surface area contributed by atoms with Crippen LogP contribution in [0.15, 0.2) is 36.9 Å². The fourth-order valence-electron chi connectivity index (χ4n) is 1.31. The van der Waals surface area contributed by atoms with Crippen molar-refractivity contribution < 1.29 is 9.18 Å². The largest absolute Gasteiger partial charge is 0.322 e. The van der Waals surface area contributed by atoms with E-state index in [2.05, 4.69) is 15.3 Å². The van der Waals surface area contributed by atoms with E-state index in [0.29, 0.717) is 5.69 Å². The smallest absolute Gasteiger partial charge is 0.258 e. The van der Waals surface area contributed by atoms with Crippen molar-refractivity contribution in [1.82, 2.24) is 9.97 Å². The van der Waals surface area contributed by atoms with E-state index >= 15 is 0 Å². The molecule has 0 saturated carbocycles. The van der Waals surface area contributed by atoms with Crippen LogP contribution in [0.25, 0.3) is 0 Å². The van der Waals surface area contributed by atoms with Crippen LogP contribution < -0.4 is 5.32 Å². The lowest BCUT2D eigenvalue weighted by Gasteiger charge is -2.05. The highest BCUT2D eigenvalue weighted by molar-refractivity contribution is 6.03.